The highest BCUT2D eigenvalue weighted by molar-refractivity contribution is 5.91. The SMILES string of the molecule is COc1ccc(C2(O)CC3COCC(C2)N3C)c2ccccc12. The van der Waals surface area contributed by atoms with Crippen molar-refractivity contribution in [1.82, 2.24) is 4.90 Å². The van der Waals surface area contributed by atoms with Gasteiger partial charge in [0.1, 0.15) is 5.75 Å². The Morgan fingerprint density at radius 3 is 2.39 bits per heavy atom. The Hall–Kier alpha value is -1.62. The number of piperidine rings is 1. The largest absolute Gasteiger partial charge is 0.496 e. The van der Waals surface area contributed by atoms with Gasteiger partial charge in [-0.3, -0.25) is 4.90 Å². The molecule has 0 aromatic heterocycles. The van der Waals surface area contributed by atoms with Gasteiger partial charge < -0.3 is 14.6 Å². The van der Waals surface area contributed by atoms with Crippen molar-refractivity contribution in [3.05, 3.63) is 42.0 Å². The van der Waals surface area contributed by atoms with E-state index in [-0.39, 0.29) is 12.1 Å². The lowest BCUT2D eigenvalue weighted by Crippen LogP contribution is -2.59. The van der Waals surface area contributed by atoms with Crippen LogP contribution in [0, 0.1) is 0 Å². The number of fused-ring (bicyclic) bond motifs is 3. The van der Waals surface area contributed by atoms with E-state index in [0.29, 0.717) is 26.1 Å². The molecule has 2 unspecified atom stereocenters. The number of hydrogen-bond donors (Lipinski definition) is 1. The Bertz CT molecular complexity index is 716. The van der Waals surface area contributed by atoms with Crippen LogP contribution in [0.25, 0.3) is 10.8 Å². The third kappa shape index (κ3) is 2.33. The first-order chi connectivity index (χ1) is 11.1. The molecule has 122 valence electrons. The summed E-state index contributed by atoms with van der Waals surface area (Å²) >= 11 is 0. The van der Waals surface area contributed by atoms with Gasteiger partial charge in [0.25, 0.3) is 0 Å². The zero-order valence-electron chi connectivity index (χ0n) is 13.7. The predicted octanol–water partition coefficient (Wildman–Crippen LogP) is 2.53. The molecule has 2 heterocycles. The Morgan fingerprint density at radius 1 is 1.09 bits per heavy atom. The van der Waals surface area contributed by atoms with Crippen LogP contribution >= 0.6 is 0 Å². The van der Waals surface area contributed by atoms with Crippen molar-refractivity contribution in [2.75, 3.05) is 27.4 Å². The Kier molecular flexibility index (Phi) is 3.56. The molecular weight excluding hydrogens is 290 g/mol. The second-order valence-electron chi connectivity index (χ2n) is 6.81. The number of nitrogens with zero attached hydrogens (tertiary/aromatic N) is 1. The first-order valence-electron chi connectivity index (χ1n) is 8.21. The highest BCUT2D eigenvalue weighted by atomic mass is 16.5. The molecule has 23 heavy (non-hydrogen) atoms. The van der Waals surface area contributed by atoms with E-state index in [1.54, 1.807) is 7.11 Å². The molecule has 0 aliphatic carbocycles. The number of benzene rings is 2. The Labute approximate surface area is 136 Å². The number of hydrogen-bond acceptors (Lipinski definition) is 4. The van der Waals surface area contributed by atoms with Crippen LogP contribution in [0.5, 0.6) is 5.75 Å². The molecule has 0 radical (unpaired) electrons. The summed E-state index contributed by atoms with van der Waals surface area (Å²) in [5.41, 5.74) is 0.205. The van der Waals surface area contributed by atoms with E-state index in [4.69, 9.17) is 9.47 Å². The van der Waals surface area contributed by atoms with Crippen LogP contribution in [0.15, 0.2) is 36.4 Å². The molecule has 4 heteroatoms. The maximum Gasteiger partial charge on any atom is 0.126 e. The molecule has 2 aliphatic heterocycles. The molecule has 0 saturated carbocycles. The first-order valence-corrected chi connectivity index (χ1v) is 8.21. The molecular formula is C19H23NO3. The predicted molar refractivity (Wildman–Crippen MR) is 89.8 cm³/mol. The zero-order valence-corrected chi connectivity index (χ0v) is 13.7. The van der Waals surface area contributed by atoms with Crippen molar-refractivity contribution in [2.24, 2.45) is 0 Å². The minimum Gasteiger partial charge on any atom is -0.496 e. The number of ether oxygens (including phenoxy) is 2. The highest BCUT2D eigenvalue weighted by Crippen LogP contribution is 2.44. The standard InChI is InChI=1S/C19H23NO3/c1-20-13-9-19(21,10-14(20)12-23-11-13)17-7-8-18(22-2)16-6-4-3-5-15(16)17/h3-8,13-14,21H,9-12H2,1-2H3. The van der Waals surface area contributed by atoms with Crippen LogP contribution in [0.2, 0.25) is 0 Å². The second kappa shape index (κ2) is 5.48. The van der Waals surface area contributed by atoms with E-state index in [9.17, 15) is 5.11 Å². The molecule has 0 spiro atoms. The molecule has 2 bridgehead atoms. The summed E-state index contributed by atoms with van der Waals surface area (Å²) in [6, 6.07) is 12.7. The number of morpholine rings is 1. The van der Waals surface area contributed by atoms with E-state index in [0.717, 1.165) is 22.1 Å². The summed E-state index contributed by atoms with van der Waals surface area (Å²) in [5, 5.41) is 13.6. The summed E-state index contributed by atoms with van der Waals surface area (Å²) in [4.78, 5) is 2.36. The average molecular weight is 313 g/mol. The quantitative estimate of drug-likeness (QED) is 0.925. The maximum atomic E-state index is 11.5. The molecule has 2 saturated heterocycles. The smallest absolute Gasteiger partial charge is 0.126 e. The fourth-order valence-corrected chi connectivity index (χ4v) is 4.22. The topological polar surface area (TPSA) is 41.9 Å². The third-order valence-electron chi connectivity index (χ3n) is 5.52. The molecule has 2 aliphatic rings. The molecule has 2 fully saturated rings. The zero-order chi connectivity index (χ0) is 16.0. The number of rotatable bonds is 2. The Balaban J connectivity index is 1.83. The molecule has 2 aromatic rings. The van der Waals surface area contributed by atoms with Gasteiger partial charge in [-0.05, 0) is 36.9 Å². The van der Waals surface area contributed by atoms with Crippen LogP contribution in [-0.4, -0.2) is 49.5 Å². The van der Waals surface area contributed by atoms with Gasteiger partial charge in [0, 0.05) is 17.5 Å². The van der Waals surface area contributed by atoms with E-state index >= 15 is 0 Å². The molecule has 4 rings (SSSR count). The number of methoxy groups -OCH3 is 1. The van der Waals surface area contributed by atoms with Crippen molar-refractivity contribution in [2.45, 2.75) is 30.5 Å². The normalized spacial score (nSPS) is 31.3. The van der Waals surface area contributed by atoms with Gasteiger partial charge in [-0.1, -0.05) is 30.3 Å². The van der Waals surface area contributed by atoms with E-state index < -0.39 is 5.60 Å². The minimum absolute atomic E-state index is 0.272. The molecule has 2 atom stereocenters. The molecule has 1 N–H and O–H groups in total. The Morgan fingerprint density at radius 2 is 1.74 bits per heavy atom. The first kappa shape index (κ1) is 14.9. The lowest BCUT2D eigenvalue weighted by molar-refractivity contribution is -0.137. The second-order valence-corrected chi connectivity index (χ2v) is 6.81. The van der Waals surface area contributed by atoms with Gasteiger partial charge in [0.2, 0.25) is 0 Å². The van der Waals surface area contributed by atoms with Gasteiger partial charge in [0.05, 0.1) is 25.9 Å². The minimum atomic E-state index is -0.808. The van der Waals surface area contributed by atoms with Gasteiger partial charge in [-0.2, -0.15) is 0 Å². The molecule has 0 amide bonds. The third-order valence-corrected chi connectivity index (χ3v) is 5.52. The lowest BCUT2D eigenvalue weighted by Gasteiger charge is -2.50. The molecule has 4 nitrogen and oxygen atoms in total. The van der Waals surface area contributed by atoms with Crippen molar-refractivity contribution in [3.63, 3.8) is 0 Å². The van der Waals surface area contributed by atoms with Crippen LogP contribution in [-0.2, 0) is 10.3 Å². The summed E-state index contributed by atoms with van der Waals surface area (Å²) in [5.74, 6) is 0.851. The van der Waals surface area contributed by atoms with Gasteiger partial charge in [0.15, 0.2) is 0 Å². The maximum absolute atomic E-state index is 11.5. The summed E-state index contributed by atoms with van der Waals surface area (Å²) < 4.78 is 11.2. The average Bonchev–Trinajstić information content (AvgIpc) is 2.55. The van der Waals surface area contributed by atoms with Gasteiger partial charge >= 0.3 is 0 Å². The summed E-state index contributed by atoms with van der Waals surface area (Å²) in [6.45, 7) is 1.40. The fraction of sp³-hybridized carbons (Fsp3) is 0.474. The van der Waals surface area contributed by atoms with Crippen molar-refractivity contribution < 1.29 is 14.6 Å². The fourth-order valence-electron chi connectivity index (χ4n) is 4.22. The van der Waals surface area contributed by atoms with Crippen LogP contribution < -0.4 is 4.74 Å². The van der Waals surface area contributed by atoms with Crippen molar-refractivity contribution in [1.29, 1.82) is 0 Å². The number of aliphatic hydroxyl groups is 1. The highest BCUT2D eigenvalue weighted by Gasteiger charge is 2.46. The van der Waals surface area contributed by atoms with Gasteiger partial charge in [-0.15, -0.1) is 0 Å². The monoisotopic (exact) mass is 313 g/mol. The van der Waals surface area contributed by atoms with Crippen LogP contribution in [0.4, 0.5) is 0 Å². The van der Waals surface area contributed by atoms with Crippen molar-refractivity contribution >= 4 is 10.8 Å². The van der Waals surface area contributed by atoms with Gasteiger partial charge in [-0.25, -0.2) is 0 Å². The summed E-state index contributed by atoms with van der Waals surface area (Å²) in [6.07, 6.45) is 1.41. The number of likely N-dealkylation sites (N-methyl/N-ethyl adjacent to an activating group) is 1. The van der Waals surface area contributed by atoms with E-state index in [1.165, 1.54) is 0 Å². The summed E-state index contributed by atoms with van der Waals surface area (Å²) in [7, 11) is 3.83. The van der Waals surface area contributed by atoms with Crippen molar-refractivity contribution in [3.8, 4) is 5.75 Å². The lowest BCUT2D eigenvalue weighted by atomic mass is 9.75. The van der Waals surface area contributed by atoms with E-state index in [1.807, 2.05) is 24.3 Å². The van der Waals surface area contributed by atoms with Crippen LogP contribution in [0.3, 0.4) is 0 Å². The van der Waals surface area contributed by atoms with Crippen LogP contribution in [0.1, 0.15) is 18.4 Å². The molecule has 2 aromatic carbocycles. The van der Waals surface area contributed by atoms with E-state index in [2.05, 4.69) is 24.1 Å².